The SMILES string of the molecule is CN=C(NCCOC)NCC1(Cc2ccccc2)CC1. The molecule has 0 unspecified atom stereocenters. The molecule has 1 aliphatic rings. The van der Waals surface area contributed by atoms with Gasteiger partial charge < -0.3 is 15.4 Å². The summed E-state index contributed by atoms with van der Waals surface area (Å²) in [6, 6.07) is 10.7. The lowest BCUT2D eigenvalue weighted by Crippen LogP contribution is -2.41. The Balaban J connectivity index is 1.77. The lowest BCUT2D eigenvalue weighted by atomic mass is 9.96. The van der Waals surface area contributed by atoms with E-state index >= 15 is 0 Å². The average Bonchev–Trinajstić information content (AvgIpc) is 3.24. The van der Waals surface area contributed by atoms with E-state index in [0.717, 1.165) is 25.5 Å². The molecule has 2 rings (SSSR count). The van der Waals surface area contributed by atoms with Gasteiger partial charge in [-0.15, -0.1) is 0 Å². The Morgan fingerprint density at radius 2 is 2.00 bits per heavy atom. The highest BCUT2D eigenvalue weighted by molar-refractivity contribution is 5.79. The summed E-state index contributed by atoms with van der Waals surface area (Å²) >= 11 is 0. The molecule has 0 aliphatic heterocycles. The van der Waals surface area contributed by atoms with Gasteiger partial charge in [0.2, 0.25) is 0 Å². The third kappa shape index (κ3) is 4.53. The Bertz CT molecular complexity index is 427. The standard InChI is InChI=1S/C16H25N3O/c1-17-15(18-10-11-20-2)19-13-16(8-9-16)12-14-6-4-3-5-7-14/h3-7H,8-13H2,1-2H3,(H2,17,18,19). The molecule has 1 aliphatic carbocycles. The van der Waals surface area contributed by atoms with Crippen molar-refractivity contribution in [1.82, 2.24) is 10.6 Å². The van der Waals surface area contributed by atoms with Crippen molar-refractivity contribution in [3.63, 3.8) is 0 Å². The quantitative estimate of drug-likeness (QED) is 0.453. The number of nitrogens with one attached hydrogen (secondary N) is 2. The van der Waals surface area contributed by atoms with Gasteiger partial charge in [0.05, 0.1) is 6.61 Å². The largest absolute Gasteiger partial charge is 0.383 e. The Morgan fingerprint density at radius 1 is 1.25 bits per heavy atom. The van der Waals surface area contributed by atoms with Crippen LogP contribution in [-0.4, -0.2) is 39.8 Å². The molecule has 1 saturated carbocycles. The zero-order valence-electron chi connectivity index (χ0n) is 12.5. The van der Waals surface area contributed by atoms with E-state index < -0.39 is 0 Å². The fraction of sp³-hybridized carbons (Fsp3) is 0.562. The number of nitrogens with zero attached hydrogens (tertiary/aromatic N) is 1. The summed E-state index contributed by atoms with van der Waals surface area (Å²) in [6.45, 7) is 2.45. The van der Waals surface area contributed by atoms with Crippen LogP contribution in [0.2, 0.25) is 0 Å². The van der Waals surface area contributed by atoms with Crippen LogP contribution in [0.3, 0.4) is 0 Å². The van der Waals surface area contributed by atoms with Crippen LogP contribution < -0.4 is 10.6 Å². The molecule has 2 N–H and O–H groups in total. The Hall–Kier alpha value is -1.55. The van der Waals surface area contributed by atoms with Gasteiger partial charge in [0, 0.05) is 27.2 Å². The van der Waals surface area contributed by atoms with Crippen LogP contribution in [0.25, 0.3) is 0 Å². The number of rotatable bonds is 7. The topological polar surface area (TPSA) is 45.7 Å². The van der Waals surface area contributed by atoms with Gasteiger partial charge in [-0.2, -0.15) is 0 Å². The van der Waals surface area contributed by atoms with Crippen molar-refractivity contribution in [3.8, 4) is 0 Å². The molecule has 0 spiro atoms. The van der Waals surface area contributed by atoms with Crippen LogP contribution >= 0.6 is 0 Å². The van der Waals surface area contributed by atoms with Gasteiger partial charge >= 0.3 is 0 Å². The normalized spacial score (nSPS) is 16.8. The highest BCUT2D eigenvalue weighted by Gasteiger charge is 2.42. The van der Waals surface area contributed by atoms with Gasteiger partial charge in [-0.3, -0.25) is 4.99 Å². The molecule has 0 radical (unpaired) electrons. The average molecular weight is 275 g/mol. The van der Waals surface area contributed by atoms with Gasteiger partial charge in [0.1, 0.15) is 0 Å². The van der Waals surface area contributed by atoms with Crippen LogP contribution in [0.1, 0.15) is 18.4 Å². The van der Waals surface area contributed by atoms with Crippen molar-refractivity contribution in [2.45, 2.75) is 19.3 Å². The van der Waals surface area contributed by atoms with E-state index in [1.54, 1.807) is 14.2 Å². The molecule has 0 saturated heterocycles. The van der Waals surface area contributed by atoms with Crippen LogP contribution in [0.15, 0.2) is 35.3 Å². The second-order valence-corrected chi connectivity index (χ2v) is 5.51. The summed E-state index contributed by atoms with van der Waals surface area (Å²) in [5, 5.41) is 6.68. The van der Waals surface area contributed by atoms with Crippen LogP contribution in [0.4, 0.5) is 0 Å². The van der Waals surface area contributed by atoms with E-state index in [1.165, 1.54) is 18.4 Å². The van der Waals surface area contributed by atoms with Crippen molar-refractivity contribution in [1.29, 1.82) is 0 Å². The zero-order chi connectivity index (χ0) is 14.3. The second-order valence-electron chi connectivity index (χ2n) is 5.51. The van der Waals surface area contributed by atoms with Crippen molar-refractivity contribution >= 4 is 5.96 Å². The first-order valence-electron chi connectivity index (χ1n) is 7.25. The Kier molecular flexibility index (Phi) is 5.41. The lowest BCUT2D eigenvalue weighted by molar-refractivity contribution is 0.203. The fourth-order valence-electron chi connectivity index (χ4n) is 2.39. The number of hydrogen-bond acceptors (Lipinski definition) is 2. The molecular weight excluding hydrogens is 250 g/mol. The van der Waals surface area contributed by atoms with Crippen molar-refractivity contribution in [2.24, 2.45) is 10.4 Å². The molecule has 4 nitrogen and oxygen atoms in total. The predicted molar refractivity (Wildman–Crippen MR) is 83.1 cm³/mol. The first kappa shape index (κ1) is 14.9. The van der Waals surface area contributed by atoms with E-state index in [2.05, 4.69) is 46.0 Å². The molecule has 1 fully saturated rings. The number of ether oxygens (including phenoxy) is 1. The summed E-state index contributed by atoms with van der Waals surface area (Å²) in [5.41, 5.74) is 1.84. The smallest absolute Gasteiger partial charge is 0.191 e. The zero-order valence-corrected chi connectivity index (χ0v) is 12.5. The first-order valence-corrected chi connectivity index (χ1v) is 7.25. The molecule has 110 valence electrons. The van der Waals surface area contributed by atoms with E-state index in [-0.39, 0.29) is 0 Å². The fourth-order valence-corrected chi connectivity index (χ4v) is 2.39. The minimum atomic E-state index is 0.417. The molecular formula is C16H25N3O. The van der Waals surface area contributed by atoms with Crippen molar-refractivity contribution in [3.05, 3.63) is 35.9 Å². The Morgan fingerprint density at radius 3 is 2.60 bits per heavy atom. The van der Waals surface area contributed by atoms with Crippen molar-refractivity contribution in [2.75, 3.05) is 33.9 Å². The molecule has 1 aromatic carbocycles. The van der Waals surface area contributed by atoms with Gasteiger partial charge in [0.15, 0.2) is 5.96 Å². The molecule has 4 heteroatoms. The minimum absolute atomic E-state index is 0.417. The predicted octanol–water partition coefficient (Wildman–Crippen LogP) is 1.82. The molecule has 0 bridgehead atoms. The maximum absolute atomic E-state index is 5.03. The molecule has 0 heterocycles. The van der Waals surface area contributed by atoms with Gasteiger partial charge in [0.25, 0.3) is 0 Å². The van der Waals surface area contributed by atoms with Gasteiger partial charge in [-0.25, -0.2) is 0 Å². The van der Waals surface area contributed by atoms with E-state index in [1.807, 2.05) is 0 Å². The van der Waals surface area contributed by atoms with E-state index in [9.17, 15) is 0 Å². The molecule has 0 aromatic heterocycles. The molecule has 1 aromatic rings. The summed E-state index contributed by atoms with van der Waals surface area (Å²) in [5.74, 6) is 0.862. The summed E-state index contributed by atoms with van der Waals surface area (Å²) in [7, 11) is 3.51. The second kappa shape index (κ2) is 7.29. The van der Waals surface area contributed by atoms with Gasteiger partial charge in [-0.1, -0.05) is 30.3 Å². The maximum atomic E-state index is 5.03. The van der Waals surface area contributed by atoms with Crippen LogP contribution in [-0.2, 0) is 11.2 Å². The Labute approximate surface area is 121 Å². The van der Waals surface area contributed by atoms with E-state index in [0.29, 0.717) is 12.0 Å². The lowest BCUT2D eigenvalue weighted by Gasteiger charge is -2.18. The highest BCUT2D eigenvalue weighted by Crippen LogP contribution is 2.47. The molecule has 0 amide bonds. The van der Waals surface area contributed by atoms with Gasteiger partial charge in [-0.05, 0) is 30.2 Å². The summed E-state index contributed by atoms with van der Waals surface area (Å²) < 4.78 is 5.03. The molecule has 20 heavy (non-hydrogen) atoms. The van der Waals surface area contributed by atoms with Crippen LogP contribution in [0, 0.1) is 5.41 Å². The first-order chi connectivity index (χ1) is 9.78. The summed E-state index contributed by atoms with van der Waals surface area (Å²) in [6.07, 6.45) is 3.74. The number of methoxy groups -OCH3 is 1. The van der Waals surface area contributed by atoms with Crippen LogP contribution in [0.5, 0.6) is 0 Å². The third-order valence-electron chi connectivity index (χ3n) is 3.83. The number of guanidine groups is 1. The third-order valence-corrected chi connectivity index (χ3v) is 3.83. The maximum Gasteiger partial charge on any atom is 0.191 e. The number of benzene rings is 1. The summed E-state index contributed by atoms with van der Waals surface area (Å²) in [4.78, 5) is 4.24. The molecule has 0 atom stereocenters. The van der Waals surface area contributed by atoms with Crippen molar-refractivity contribution < 1.29 is 4.74 Å². The minimum Gasteiger partial charge on any atom is -0.383 e. The monoisotopic (exact) mass is 275 g/mol. The van der Waals surface area contributed by atoms with E-state index in [4.69, 9.17) is 4.74 Å². The number of aliphatic imine (C=N–C) groups is 1. The highest BCUT2D eigenvalue weighted by atomic mass is 16.5. The number of hydrogen-bond donors (Lipinski definition) is 2.